The van der Waals surface area contributed by atoms with E-state index in [0.29, 0.717) is 18.3 Å². The van der Waals surface area contributed by atoms with Crippen molar-refractivity contribution < 1.29 is 9.53 Å². The Hall–Kier alpha value is -0.530. The highest BCUT2D eigenvalue weighted by Crippen LogP contribution is 1.95. The number of guanidine groups is 1. The highest BCUT2D eigenvalue weighted by atomic mass is 127. The topological polar surface area (TPSA) is 76.7 Å². The van der Waals surface area contributed by atoms with Gasteiger partial charge in [-0.2, -0.15) is 0 Å². The van der Waals surface area contributed by atoms with Gasteiger partial charge in [-0.1, -0.05) is 13.8 Å². The van der Waals surface area contributed by atoms with E-state index < -0.39 is 0 Å². The number of halogens is 1. The summed E-state index contributed by atoms with van der Waals surface area (Å²) in [6.45, 7) is 5.66. The highest BCUT2D eigenvalue weighted by molar-refractivity contribution is 14.0. The Morgan fingerprint density at radius 1 is 1.41 bits per heavy atom. The SMILES string of the molecule is COC(=O)CCCCNC(N)=NCC(C)C.I. The van der Waals surface area contributed by atoms with Crippen LogP contribution in [0.4, 0.5) is 0 Å². The smallest absolute Gasteiger partial charge is 0.305 e. The number of ether oxygens (including phenoxy) is 1. The number of carbonyl (C=O) groups excluding carboxylic acids is 1. The minimum Gasteiger partial charge on any atom is -0.469 e. The molecule has 17 heavy (non-hydrogen) atoms. The summed E-state index contributed by atoms with van der Waals surface area (Å²) in [5, 5.41) is 3.01. The maximum Gasteiger partial charge on any atom is 0.305 e. The van der Waals surface area contributed by atoms with Crippen LogP contribution >= 0.6 is 24.0 Å². The van der Waals surface area contributed by atoms with E-state index in [-0.39, 0.29) is 29.9 Å². The van der Waals surface area contributed by atoms with Crippen LogP contribution in [0.15, 0.2) is 4.99 Å². The number of unbranched alkanes of at least 4 members (excludes halogenated alkanes) is 1. The van der Waals surface area contributed by atoms with Gasteiger partial charge >= 0.3 is 5.97 Å². The number of nitrogens with one attached hydrogen (secondary N) is 1. The lowest BCUT2D eigenvalue weighted by atomic mass is 10.2. The third-order valence-corrected chi connectivity index (χ3v) is 1.97. The molecule has 0 aliphatic carbocycles. The molecular weight excluding hydrogens is 333 g/mol. The second-order valence-electron chi connectivity index (χ2n) is 4.08. The maximum absolute atomic E-state index is 10.8. The van der Waals surface area contributed by atoms with Crippen molar-refractivity contribution in [1.82, 2.24) is 5.32 Å². The molecule has 0 aromatic heterocycles. The molecule has 0 bridgehead atoms. The van der Waals surface area contributed by atoms with Crippen LogP contribution in [0.1, 0.15) is 33.1 Å². The molecule has 0 fully saturated rings. The average molecular weight is 357 g/mol. The number of nitrogens with zero attached hydrogens (tertiary/aromatic N) is 1. The molecular formula is C11H24IN3O2. The molecule has 0 amide bonds. The summed E-state index contributed by atoms with van der Waals surface area (Å²) in [5.41, 5.74) is 5.64. The van der Waals surface area contributed by atoms with Crippen molar-refractivity contribution in [3.05, 3.63) is 0 Å². The molecule has 0 spiro atoms. The van der Waals surface area contributed by atoms with E-state index in [2.05, 4.69) is 28.9 Å². The van der Waals surface area contributed by atoms with Gasteiger partial charge in [0, 0.05) is 19.5 Å². The van der Waals surface area contributed by atoms with Gasteiger partial charge in [0.15, 0.2) is 5.96 Å². The summed E-state index contributed by atoms with van der Waals surface area (Å²) >= 11 is 0. The number of esters is 1. The lowest BCUT2D eigenvalue weighted by molar-refractivity contribution is -0.140. The number of nitrogens with two attached hydrogens (primary N) is 1. The van der Waals surface area contributed by atoms with Crippen LogP contribution in [-0.4, -0.2) is 32.1 Å². The monoisotopic (exact) mass is 357 g/mol. The van der Waals surface area contributed by atoms with Crippen molar-refractivity contribution in [2.24, 2.45) is 16.6 Å². The van der Waals surface area contributed by atoms with Crippen molar-refractivity contribution in [3.63, 3.8) is 0 Å². The van der Waals surface area contributed by atoms with E-state index >= 15 is 0 Å². The molecule has 0 aliphatic heterocycles. The summed E-state index contributed by atoms with van der Waals surface area (Å²) in [4.78, 5) is 15.0. The van der Waals surface area contributed by atoms with Crippen LogP contribution in [0.2, 0.25) is 0 Å². The lowest BCUT2D eigenvalue weighted by Crippen LogP contribution is -2.32. The van der Waals surface area contributed by atoms with Gasteiger partial charge in [0.2, 0.25) is 0 Å². The normalized spacial score (nSPS) is 10.9. The number of aliphatic imine (C=N–C) groups is 1. The number of rotatable bonds is 7. The fourth-order valence-corrected chi connectivity index (χ4v) is 1.05. The molecule has 3 N–H and O–H groups in total. The van der Waals surface area contributed by atoms with Gasteiger partial charge in [-0.15, -0.1) is 24.0 Å². The Morgan fingerprint density at radius 2 is 2.06 bits per heavy atom. The molecule has 0 aromatic rings. The molecule has 0 saturated heterocycles. The van der Waals surface area contributed by atoms with Crippen LogP contribution in [-0.2, 0) is 9.53 Å². The molecule has 0 atom stereocenters. The van der Waals surface area contributed by atoms with E-state index in [1.54, 1.807) is 0 Å². The number of hydrogen-bond donors (Lipinski definition) is 2. The second-order valence-corrected chi connectivity index (χ2v) is 4.08. The van der Waals surface area contributed by atoms with Gasteiger partial charge in [0.1, 0.15) is 0 Å². The van der Waals surface area contributed by atoms with E-state index in [9.17, 15) is 4.79 Å². The first-order valence-corrected chi connectivity index (χ1v) is 5.67. The zero-order chi connectivity index (χ0) is 12.4. The summed E-state index contributed by atoms with van der Waals surface area (Å²) in [6.07, 6.45) is 2.14. The molecule has 0 heterocycles. The zero-order valence-corrected chi connectivity index (χ0v) is 13.2. The standard InChI is InChI=1S/C11H23N3O2.HI/c1-9(2)8-14-11(12)13-7-5-4-6-10(15)16-3;/h9H,4-8H2,1-3H3,(H3,12,13,14);1H. The number of methoxy groups -OCH3 is 1. The molecule has 6 heteroatoms. The third-order valence-electron chi connectivity index (χ3n) is 1.97. The Kier molecular flexibility index (Phi) is 13.2. The quantitative estimate of drug-likeness (QED) is 0.238. The molecule has 0 aliphatic rings. The summed E-state index contributed by atoms with van der Waals surface area (Å²) in [7, 11) is 1.40. The van der Waals surface area contributed by atoms with Crippen molar-refractivity contribution >= 4 is 35.9 Å². The Bertz CT molecular complexity index is 233. The summed E-state index contributed by atoms with van der Waals surface area (Å²) < 4.78 is 4.54. The predicted octanol–water partition coefficient (Wildman–Crippen LogP) is 1.51. The number of hydrogen-bond acceptors (Lipinski definition) is 3. The highest BCUT2D eigenvalue weighted by Gasteiger charge is 1.99. The predicted molar refractivity (Wildman–Crippen MR) is 80.6 cm³/mol. The van der Waals surface area contributed by atoms with Gasteiger partial charge < -0.3 is 15.8 Å². The van der Waals surface area contributed by atoms with Crippen LogP contribution in [0.25, 0.3) is 0 Å². The third kappa shape index (κ3) is 13.4. The molecule has 102 valence electrons. The second kappa shape index (κ2) is 11.9. The largest absolute Gasteiger partial charge is 0.469 e. The van der Waals surface area contributed by atoms with Crippen molar-refractivity contribution in [2.45, 2.75) is 33.1 Å². The molecule has 0 saturated carbocycles. The first-order chi connectivity index (χ1) is 7.56. The van der Waals surface area contributed by atoms with Crippen LogP contribution in [0.3, 0.4) is 0 Å². The number of carbonyl (C=O) groups is 1. The fourth-order valence-electron chi connectivity index (χ4n) is 1.05. The maximum atomic E-state index is 10.8. The van der Waals surface area contributed by atoms with Crippen LogP contribution in [0.5, 0.6) is 0 Å². The van der Waals surface area contributed by atoms with Crippen molar-refractivity contribution in [1.29, 1.82) is 0 Å². The molecule has 0 rings (SSSR count). The van der Waals surface area contributed by atoms with Gasteiger partial charge in [-0.3, -0.25) is 9.79 Å². The Balaban J connectivity index is 0. The van der Waals surface area contributed by atoms with Crippen LogP contribution < -0.4 is 11.1 Å². The van der Waals surface area contributed by atoms with E-state index in [1.807, 2.05) is 0 Å². The summed E-state index contributed by atoms with van der Waals surface area (Å²) in [6, 6.07) is 0. The molecule has 0 unspecified atom stereocenters. The fraction of sp³-hybridized carbons (Fsp3) is 0.818. The van der Waals surface area contributed by atoms with Crippen molar-refractivity contribution in [2.75, 3.05) is 20.2 Å². The van der Waals surface area contributed by atoms with E-state index in [4.69, 9.17) is 5.73 Å². The lowest BCUT2D eigenvalue weighted by Gasteiger charge is -2.06. The van der Waals surface area contributed by atoms with Gasteiger partial charge in [0.05, 0.1) is 7.11 Å². The first-order valence-electron chi connectivity index (χ1n) is 5.67. The van der Waals surface area contributed by atoms with E-state index in [0.717, 1.165) is 25.9 Å². The van der Waals surface area contributed by atoms with Gasteiger partial charge in [-0.05, 0) is 18.8 Å². The summed E-state index contributed by atoms with van der Waals surface area (Å²) in [5.74, 6) is 0.827. The first kappa shape index (κ1) is 18.8. The Labute approximate surface area is 121 Å². The van der Waals surface area contributed by atoms with Gasteiger partial charge in [-0.25, -0.2) is 0 Å². The molecule has 5 nitrogen and oxygen atoms in total. The molecule has 0 radical (unpaired) electrons. The van der Waals surface area contributed by atoms with Crippen LogP contribution in [0, 0.1) is 5.92 Å². The average Bonchev–Trinajstić information content (AvgIpc) is 2.25. The minimum atomic E-state index is -0.165. The minimum absolute atomic E-state index is 0. The van der Waals surface area contributed by atoms with E-state index in [1.165, 1.54) is 7.11 Å². The zero-order valence-electron chi connectivity index (χ0n) is 10.9. The van der Waals surface area contributed by atoms with Gasteiger partial charge in [0.25, 0.3) is 0 Å². The molecule has 0 aromatic carbocycles. The Morgan fingerprint density at radius 3 is 2.59 bits per heavy atom. The van der Waals surface area contributed by atoms with Crippen molar-refractivity contribution in [3.8, 4) is 0 Å².